The highest BCUT2D eigenvalue weighted by Crippen LogP contribution is 2.17. The Bertz CT molecular complexity index is 428. The highest BCUT2D eigenvalue weighted by atomic mass is 79.9. The molecule has 1 saturated carbocycles. The monoisotopic (exact) mass is 338 g/mol. The van der Waals surface area contributed by atoms with Crippen molar-refractivity contribution in [2.24, 2.45) is 0 Å². The molecule has 1 aromatic carbocycles. The third-order valence-corrected chi connectivity index (χ3v) is 4.26. The first kappa shape index (κ1) is 15.5. The molecule has 110 valence electrons. The van der Waals surface area contributed by atoms with E-state index >= 15 is 0 Å². The van der Waals surface area contributed by atoms with E-state index in [1.807, 2.05) is 24.3 Å². The molecule has 1 fully saturated rings. The summed E-state index contributed by atoms with van der Waals surface area (Å²) < 4.78 is 0.975. The van der Waals surface area contributed by atoms with Gasteiger partial charge in [0.25, 0.3) is 0 Å². The van der Waals surface area contributed by atoms with Gasteiger partial charge in [0, 0.05) is 16.2 Å². The minimum Gasteiger partial charge on any atom is -0.325 e. The molecular formula is C16H23BrN2O. The van der Waals surface area contributed by atoms with E-state index in [2.05, 4.69) is 26.6 Å². The molecule has 1 aliphatic rings. The van der Waals surface area contributed by atoms with E-state index < -0.39 is 0 Å². The Balaban J connectivity index is 1.73. The summed E-state index contributed by atoms with van der Waals surface area (Å²) in [5.41, 5.74) is 0.837. The number of amides is 1. The Morgan fingerprint density at radius 2 is 1.85 bits per heavy atom. The van der Waals surface area contributed by atoms with Gasteiger partial charge in [0.15, 0.2) is 0 Å². The molecule has 1 amide bonds. The number of halogens is 1. The lowest BCUT2D eigenvalue weighted by atomic mass is 9.97. The van der Waals surface area contributed by atoms with Gasteiger partial charge >= 0.3 is 0 Å². The molecule has 0 heterocycles. The molecule has 20 heavy (non-hydrogen) atoms. The molecule has 0 atom stereocenters. The minimum atomic E-state index is 0.0326. The number of rotatable bonds is 4. The molecule has 0 saturated heterocycles. The van der Waals surface area contributed by atoms with Crippen LogP contribution in [0.15, 0.2) is 28.7 Å². The number of anilines is 1. The van der Waals surface area contributed by atoms with Gasteiger partial charge in [0.05, 0.1) is 6.54 Å². The quantitative estimate of drug-likeness (QED) is 0.867. The third kappa shape index (κ3) is 5.63. The average Bonchev–Trinajstić information content (AvgIpc) is 2.37. The van der Waals surface area contributed by atoms with Crippen LogP contribution in [0.2, 0.25) is 0 Å². The molecule has 0 unspecified atom stereocenters. The lowest BCUT2D eigenvalue weighted by Gasteiger charge is -2.20. The van der Waals surface area contributed by atoms with Crippen LogP contribution in [0.25, 0.3) is 0 Å². The van der Waals surface area contributed by atoms with Gasteiger partial charge in [-0.15, -0.1) is 0 Å². The number of benzene rings is 1. The fourth-order valence-corrected chi connectivity index (χ4v) is 3.07. The predicted molar refractivity (Wildman–Crippen MR) is 86.9 cm³/mol. The second-order valence-corrected chi connectivity index (χ2v) is 6.40. The Kier molecular flexibility index (Phi) is 6.54. The Labute approximate surface area is 129 Å². The highest BCUT2D eigenvalue weighted by Gasteiger charge is 2.12. The second kappa shape index (κ2) is 8.42. The van der Waals surface area contributed by atoms with E-state index in [4.69, 9.17) is 0 Å². The zero-order valence-corrected chi connectivity index (χ0v) is 13.4. The van der Waals surface area contributed by atoms with Crippen LogP contribution in [0.5, 0.6) is 0 Å². The van der Waals surface area contributed by atoms with Crippen LogP contribution >= 0.6 is 15.9 Å². The fraction of sp³-hybridized carbons (Fsp3) is 0.562. The maximum Gasteiger partial charge on any atom is 0.238 e. The van der Waals surface area contributed by atoms with Crippen LogP contribution in [0.1, 0.15) is 44.9 Å². The normalized spacial score (nSPS) is 17.2. The smallest absolute Gasteiger partial charge is 0.238 e. The van der Waals surface area contributed by atoms with Crippen molar-refractivity contribution < 1.29 is 4.79 Å². The van der Waals surface area contributed by atoms with Gasteiger partial charge in [-0.2, -0.15) is 0 Å². The minimum absolute atomic E-state index is 0.0326. The van der Waals surface area contributed by atoms with Crippen LogP contribution in [-0.2, 0) is 4.79 Å². The van der Waals surface area contributed by atoms with Gasteiger partial charge in [-0.25, -0.2) is 0 Å². The van der Waals surface area contributed by atoms with Crippen molar-refractivity contribution in [3.63, 3.8) is 0 Å². The van der Waals surface area contributed by atoms with Gasteiger partial charge in [0.1, 0.15) is 0 Å². The number of hydrogen-bond donors (Lipinski definition) is 2. The molecule has 0 radical (unpaired) electrons. The van der Waals surface area contributed by atoms with Crippen LogP contribution in [0, 0.1) is 0 Å². The molecule has 4 heteroatoms. The van der Waals surface area contributed by atoms with Gasteiger partial charge in [-0.3, -0.25) is 4.79 Å². The van der Waals surface area contributed by atoms with Crippen molar-refractivity contribution in [1.29, 1.82) is 0 Å². The van der Waals surface area contributed by atoms with Crippen molar-refractivity contribution in [3.05, 3.63) is 28.7 Å². The maximum atomic E-state index is 11.9. The Morgan fingerprint density at radius 1 is 1.15 bits per heavy atom. The van der Waals surface area contributed by atoms with E-state index in [0.717, 1.165) is 10.2 Å². The van der Waals surface area contributed by atoms with Crippen molar-refractivity contribution in [2.45, 2.75) is 51.0 Å². The van der Waals surface area contributed by atoms with E-state index in [0.29, 0.717) is 12.6 Å². The zero-order valence-electron chi connectivity index (χ0n) is 11.8. The summed E-state index contributed by atoms with van der Waals surface area (Å²) >= 11 is 3.40. The van der Waals surface area contributed by atoms with Gasteiger partial charge in [-0.1, -0.05) is 54.1 Å². The Morgan fingerprint density at radius 3 is 2.55 bits per heavy atom. The third-order valence-electron chi connectivity index (χ3n) is 3.76. The first-order valence-electron chi connectivity index (χ1n) is 7.53. The summed E-state index contributed by atoms with van der Waals surface area (Å²) in [6.07, 6.45) is 9.01. The maximum absolute atomic E-state index is 11.9. The van der Waals surface area contributed by atoms with E-state index in [1.165, 1.54) is 44.9 Å². The molecule has 1 aromatic rings. The molecule has 3 nitrogen and oxygen atoms in total. The van der Waals surface area contributed by atoms with Crippen molar-refractivity contribution in [3.8, 4) is 0 Å². The van der Waals surface area contributed by atoms with Crippen molar-refractivity contribution in [1.82, 2.24) is 5.32 Å². The topological polar surface area (TPSA) is 41.1 Å². The summed E-state index contributed by atoms with van der Waals surface area (Å²) in [5, 5.41) is 6.32. The average molecular weight is 339 g/mol. The number of nitrogens with one attached hydrogen (secondary N) is 2. The number of carbonyl (C=O) groups excluding carboxylic acids is 1. The van der Waals surface area contributed by atoms with E-state index in [1.54, 1.807) is 0 Å². The standard InChI is InChI=1S/C16H23BrN2O/c17-13-7-6-10-15(11-13)19-16(20)12-18-14-8-4-2-1-3-5-9-14/h6-7,10-11,14,18H,1-5,8-9,12H2,(H,19,20). The molecule has 0 aliphatic heterocycles. The van der Waals surface area contributed by atoms with E-state index in [-0.39, 0.29) is 5.91 Å². The van der Waals surface area contributed by atoms with Crippen molar-refractivity contribution in [2.75, 3.05) is 11.9 Å². The Hall–Kier alpha value is -0.870. The predicted octanol–water partition coefficient (Wildman–Crippen LogP) is 4.09. The molecule has 2 N–H and O–H groups in total. The van der Waals surface area contributed by atoms with Crippen molar-refractivity contribution >= 4 is 27.5 Å². The molecule has 1 aliphatic carbocycles. The van der Waals surface area contributed by atoms with Gasteiger partial charge in [-0.05, 0) is 31.0 Å². The van der Waals surface area contributed by atoms with Gasteiger partial charge < -0.3 is 10.6 Å². The molecule has 2 rings (SSSR count). The lowest BCUT2D eigenvalue weighted by molar-refractivity contribution is -0.115. The first-order chi connectivity index (χ1) is 9.74. The van der Waals surface area contributed by atoms with Crippen LogP contribution in [0.4, 0.5) is 5.69 Å². The SMILES string of the molecule is O=C(CNC1CCCCCCC1)Nc1cccc(Br)c1. The molecular weight excluding hydrogens is 316 g/mol. The first-order valence-corrected chi connectivity index (χ1v) is 8.32. The van der Waals surface area contributed by atoms with Gasteiger partial charge in [0.2, 0.25) is 5.91 Å². The summed E-state index contributed by atoms with van der Waals surface area (Å²) in [7, 11) is 0. The summed E-state index contributed by atoms with van der Waals surface area (Å²) in [5.74, 6) is 0.0326. The van der Waals surface area contributed by atoms with E-state index in [9.17, 15) is 4.79 Å². The highest BCUT2D eigenvalue weighted by molar-refractivity contribution is 9.10. The van der Waals surface area contributed by atoms with Crippen LogP contribution in [-0.4, -0.2) is 18.5 Å². The lowest BCUT2D eigenvalue weighted by Crippen LogP contribution is -2.36. The molecule has 0 spiro atoms. The van der Waals surface area contributed by atoms with Crippen LogP contribution in [0.3, 0.4) is 0 Å². The molecule has 0 bridgehead atoms. The fourth-order valence-electron chi connectivity index (χ4n) is 2.67. The number of carbonyl (C=O) groups is 1. The number of hydrogen-bond acceptors (Lipinski definition) is 2. The zero-order chi connectivity index (χ0) is 14.2. The molecule has 0 aromatic heterocycles. The largest absolute Gasteiger partial charge is 0.325 e. The second-order valence-electron chi connectivity index (χ2n) is 5.48. The summed E-state index contributed by atoms with van der Waals surface area (Å²) in [6.45, 7) is 0.400. The summed E-state index contributed by atoms with van der Waals surface area (Å²) in [4.78, 5) is 11.9. The summed E-state index contributed by atoms with van der Waals surface area (Å²) in [6, 6.07) is 8.18. The van der Waals surface area contributed by atoms with Crippen LogP contribution < -0.4 is 10.6 Å².